The van der Waals surface area contributed by atoms with Crippen LogP contribution in [0.1, 0.15) is 36.1 Å². The number of methoxy groups -OCH3 is 1. The maximum absolute atomic E-state index is 12.5. The van der Waals surface area contributed by atoms with Crippen LogP contribution in [0.15, 0.2) is 48.5 Å². The third kappa shape index (κ3) is 6.31. The molecule has 29 heavy (non-hydrogen) atoms. The quantitative estimate of drug-likeness (QED) is 0.706. The molecule has 1 heterocycles. The van der Waals surface area contributed by atoms with Gasteiger partial charge in [-0.15, -0.1) is 0 Å². The zero-order valence-electron chi connectivity index (χ0n) is 17.5. The van der Waals surface area contributed by atoms with Gasteiger partial charge in [0.1, 0.15) is 5.75 Å². The van der Waals surface area contributed by atoms with E-state index in [9.17, 15) is 4.79 Å². The predicted octanol–water partition coefficient (Wildman–Crippen LogP) is 3.38. The van der Waals surface area contributed by atoms with E-state index in [-0.39, 0.29) is 11.9 Å². The van der Waals surface area contributed by atoms with E-state index in [1.807, 2.05) is 12.1 Å². The highest BCUT2D eigenvalue weighted by atomic mass is 16.5. The van der Waals surface area contributed by atoms with Crippen molar-refractivity contribution in [1.82, 2.24) is 10.2 Å². The van der Waals surface area contributed by atoms with Crippen molar-refractivity contribution < 1.29 is 14.3 Å². The van der Waals surface area contributed by atoms with Gasteiger partial charge in [0.15, 0.2) is 0 Å². The molecule has 0 spiro atoms. The molecular weight excluding hydrogens is 364 g/mol. The van der Waals surface area contributed by atoms with E-state index in [1.54, 1.807) is 7.11 Å². The van der Waals surface area contributed by atoms with Crippen LogP contribution in [0, 0.1) is 0 Å². The third-order valence-corrected chi connectivity index (χ3v) is 5.55. The summed E-state index contributed by atoms with van der Waals surface area (Å²) in [5, 5.41) is 3.15. The molecular formula is C24H32N2O3. The highest BCUT2D eigenvalue weighted by Crippen LogP contribution is 2.23. The largest absolute Gasteiger partial charge is 0.497 e. The normalized spacial score (nSPS) is 15.7. The Bertz CT molecular complexity index is 753. The fourth-order valence-corrected chi connectivity index (χ4v) is 3.67. The lowest BCUT2D eigenvalue weighted by Gasteiger charge is -2.35. The molecule has 0 saturated carbocycles. The number of morpholine rings is 1. The number of amides is 1. The van der Waals surface area contributed by atoms with Gasteiger partial charge in [0.2, 0.25) is 5.91 Å². The predicted molar refractivity (Wildman–Crippen MR) is 115 cm³/mol. The van der Waals surface area contributed by atoms with Crippen LogP contribution >= 0.6 is 0 Å². The van der Waals surface area contributed by atoms with Crippen LogP contribution in [0.5, 0.6) is 5.75 Å². The Morgan fingerprint density at radius 1 is 1.07 bits per heavy atom. The third-order valence-electron chi connectivity index (χ3n) is 5.55. The van der Waals surface area contributed by atoms with Crippen molar-refractivity contribution in [2.75, 3.05) is 40.0 Å². The van der Waals surface area contributed by atoms with Crippen molar-refractivity contribution in [3.05, 3.63) is 65.2 Å². The van der Waals surface area contributed by atoms with Gasteiger partial charge in [0.05, 0.1) is 26.4 Å². The molecule has 0 bridgehead atoms. The van der Waals surface area contributed by atoms with Crippen LogP contribution in [0.2, 0.25) is 0 Å². The first-order valence-corrected chi connectivity index (χ1v) is 10.5. The highest BCUT2D eigenvalue weighted by Gasteiger charge is 2.23. The second-order valence-corrected chi connectivity index (χ2v) is 7.41. The summed E-state index contributed by atoms with van der Waals surface area (Å²) in [7, 11) is 1.67. The van der Waals surface area contributed by atoms with Crippen LogP contribution < -0.4 is 10.1 Å². The van der Waals surface area contributed by atoms with Crippen LogP contribution in [0.3, 0.4) is 0 Å². The maximum Gasteiger partial charge on any atom is 0.220 e. The number of carbonyl (C=O) groups is 1. The summed E-state index contributed by atoms with van der Waals surface area (Å²) in [6, 6.07) is 16.8. The maximum atomic E-state index is 12.5. The van der Waals surface area contributed by atoms with Crippen LogP contribution in [0.4, 0.5) is 0 Å². The van der Waals surface area contributed by atoms with Gasteiger partial charge < -0.3 is 14.8 Å². The number of benzene rings is 2. The molecule has 2 aromatic carbocycles. The molecule has 1 amide bonds. The molecule has 3 rings (SSSR count). The zero-order chi connectivity index (χ0) is 20.5. The van der Waals surface area contributed by atoms with Crippen molar-refractivity contribution in [3.63, 3.8) is 0 Å². The van der Waals surface area contributed by atoms with Gasteiger partial charge in [-0.1, -0.05) is 43.3 Å². The smallest absolute Gasteiger partial charge is 0.220 e. The lowest BCUT2D eigenvalue weighted by atomic mass is 10.0. The van der Waals surface area contributed by atoms with E-state index >= 15 is 0 Å². The summed E-state index contributed by atoms with van der Waals surface area (Å²) >= 11 is 0. The Labute approximate surface area is 174 Å². The van der Waals surface area contributed by atoms with Crippen molar-refractivity contribution in [1.29, 1.82) is 0 Å². The van der Waals surface area contributed by atoms with E-state index in [4.69, 9.17) is 9.47 Å². The minimum Gasteiger partial charge on any atom is -0.497 e. The molecule has 1 unspecified atom stereocenters. The number of nitrogens with one attached hydrogen (secondary N) is 1. The van der Waals surface area contributed by atoms with Crippen molar-refractivity contribution in [2.24, 2.45) is 0 Å². The van der Waals surface area contributed by atoms with E-state index in [0.717, 1.165) is 44.9 Å². The Kier molecular flexibility index (Phi) is 8.08. The molecule has 0 aromatic heterocycles. The van der Waals surface area contributed by atoms with E-state index in [1.165, 1.54) is 16.7 Å². The molecule has 0 radical (unpaired) electrons. The van der Waals surface area contributed by atoms with Crippen LogP contribution in [-0.4, -0.2) is 50.8 Å². The first kappa shape index (κ1) is 21.3. The molecule has 2 aromatic rings. The van der Waals surface area contributed by atoms with Gasteiger partial charge in [0.25, 0.3) is 0 Å². The molecule has 1 N–H and O–H groups in total. The Balaban J connectivity index is 1.56. The molecule has 0 aliphatic carbocycles. The molecule has 1 atom stereocenters. The zero-order valence-corrected chi connectivity index (χ0v) is 17.5. The summed E-state index contributed by atoms with van der Waals surface area (Å²) in [5.41, 5.74) is 3.71. The number of ether oxygens (including phenoxy) is 2. The topological polar surface area (TPSA) is 50.8 Å². The Morgan fingerprint density at radius 2 is 1.72 bits per heavy atom. The van der Waals surface area contributed by atoms with E-state index < -0.39 is 0 Å². The molecule has 1 fully saturated rings. The number of hydrogen-bond donors (Lipinski definition) is 1. The molecule has 1 aliphatic rings. The molecule has 1 aliphatic heterocycles. The average molecular weight is 397 g/mol. The first-order valence-electron chi connectivity index (χ1n) is 10.5. The van der Waals surface area contributed by atoms with Gasteiger partial charge in [-0.3, -0.25) is 9.69 Å². The van der Waals surface area contributed by atoms with Gasteiger partial charge in [-0.25, -0.2) is 0 Å². The monoisotopic (exact) mass is 396 g/mol. The van der Waals surface area contributed by atoms with Gasteiger partial charge in [-0.05, 0) is 41.7 Å². The second-order valence-electron chi connectivity index (χ2n) is 7.41. The summed E-state index contributed by atoms with van der Waals surface area (Å²) in [6.45, 7) is 5.95. The van der Waals surface area contributed by atoms with Gasteiger partial charge in [-0.2, -0.15) is 0 Å². The standard InChI is InChI=1S/C24H32N2O3/c1-3-19-4-6-20(7-5-19)8-13-24(27)25-18-23(26-14-16-29-17-15-26)21-9-11-22(28-2)12-10-21/h4-7,9-12,23H,3,8,13-18H2,1-2H3,(H,25,27). The summed E-state index contributed by atoms with van der Waals surface area (Å²) in [6.07, 6.45) is 2.31. The summed E-state index contributed by atoms with van der Waals surface area (Å²) in [5.74, 6) is 0.934. The van der Waals surface area contributed by atoms with Crippen molar-refractivity contribution in [3.8, 4) is 5.75 Å². The summed E-state index contributed by atoms with van der Waals surface area (Å²) < 4.78 is 10.8. The Morgan fingerprint density at radius 3 is 2.34 bits per heavy atom. The number of nitrogens with zero attached hydrogens (tertiary/aromatic N) is 1. The van der Waals surface area contributed by atoms with Crippen LogP contribution in [0.25, 0.3) is 0 Å². The second kappa shape index (κ2) is 11.0. The lowest BCUT2D eigenvalue weighted by Crippen LogP contribution is -2.43. The minimum absolute atomic E-state index is 0.0938. The highest BCUT2D eigenvalue weighted by molar-refractivity contribution is 5.76. The van der Waals surface area contributed by atoms with Gasteiger partial charge in [0, 0.05) is 26.1 Å². The number of hydrogen-bond acceptors (Lipinski definition) is 4. The average Bonchev–Trinajstić information content (AvgIpc) is 2.79. The molecule has 156 valence electrons. The minimum atomic E-state index is 0.0938. The van der Waals surface area contributed by atoms with Crippen molar-refractivity contribution in [2.45, 2.75) is 32.2 Å². The first-order chi connectivity index (χ1) is 14.2. The van der Waals surface area contributed by atoms with Crippen molar-refractivity contribution >= 4 is 5.91 Å². The number of carbonyl (C=O) groups excluding carboxylic acids is 1. The Hall–Kier alpha value is -2.37. The lowest BCUT2D eigenvalue weighted by molar-refractivity contribution is -0.121. The SMILES string of the molecule is CCc1ccc(CCC(=O)NCC(c2ccc(OC)cc2)N2CCOCC2)cc1. The van der Waals surface area contributed by atoms with E-state index in [0.29, 0.717) is 13.0 Å². The fourth-order valence-electron chi connectivity index (χ4n) is 3.67. The van der Waals surface area contributed by atoms with Crippen LogP contribution in [-0.2, 0) is 22.4 Å². The van der Waals surface area contributed by atoms with Gasteiger partial charge >= 0.3 is 0 Å². The molecule has 5 heteroatoms. The molecule has 1 saturated heterocycles. The fraction of sp³-hybridized carbons (Fsp3) is 0.458. The van der Waals surface area contributed by atoms with E-state index in [2.05, 4.69) is 53.5 Å². The number of rotatable bonds is 9. The summed E-state index contributed by atoms with van der Waals surface area (Å²) in [4.78, 5) is 14.9. The number of aryl methyl sites for hydroxylation is 2. The molecule has 5 nitrogen and oxygen atoms in total.